The fourth-order valence-electron chi connectivity index (χ4n) is 2.79. The molecule has 2 aromatic rings. The predicted octanol–water partition coefficient (Wildman–Crippen LogP) is 2.22. The zero-order valence-corrected chi connectivity index (χ0v) is 14.4. The van der Waals surface area contributed by atoms with Gasteiger partial charge in [0, 0.05) is 18.5 Å². The molecule has 0 bridgehead atoms. The third kappa shape index (κ3) is 4.87. The minimum atomic E-state index is -0.138. The topological polar surface area (TPSA) is 77.2 Å². The number of rotatable bonds is 7. The van der Waals surface area contributed by atoms with Crippen molar-refractivity contribution in [1.82, 2.24) is 10.3 Å². The van der Waals surface area contributed by atoms with E-state index in [0.717, 1.165) is 36.6 Å². The van der Waals surface area contributed by atoms with Gasteiger partial charge in [-0.3, -0.25) is 4.79 Å². The summed E-state index contributed by atoms with van der Waals surface area (Å²) in [7, 11) is 0. The number of carbonyl (C=O) groups excluding carboxylic acids is 1. The summed E-state index contributed by atoms with van der Waals surface area (Å²) in [5.74, 6) is -0.0148. The smallest absolute Gasteiger partial charge is 0.226 e. The van der Waals surface area contributed by atoms with Gasteiger partial charge in [0.05, 0.1) is 24.3 Å². The average Bonchev–Trinajstić information content (AvgIpc) is 3.25. The maximum absolute atomic E-state index is 12.0. The second kappa shape index (κ2) is 8.37. The Bertz CT molecular complexity index is 653. The summed E-state index contributed by atoms with van der Waals surface area (Å²) in [4.78, 5) is 16.5. The average molecular weight is 345 g/mol. The van der Waals surface area contributed by atoms with E-state index in [9.17, 15) is 4.79 Å². The van der Waals surface area contributed by atoms with Crippen LogP contribution in [0.2, 0.25) is 0 Å². The molecule has 2 heterocycles. The highest BCUT2D eigenvalue weighted by atomic mass is 32.1. The van der Waals surface area contributed by atoms with Gasteiger partial charge >= 0.3 is 0 Å². The summed E-state index contributed by atoms with van der Waals surface area (Å²) in [6.45, 7) is 1.39. The Kier molecular flexibility index (Phi) is 5.96. The van der Waals surface area contributed by atoms with E-state index >= 15 is 0 Å². The Hall–Kier alpha value is -1.76. The van der Waals surface area contributed by atoms with Crippen LogP contribution in [0.5, 0.6) is 0 Å². The highest BCUT2D eigenvalue weighted by molar-refractivity contribution is 7.09. The third-order valence-electron chi connectivity index (χ3n) is 4.08. The van der Waals surface area contributed by atoms with Gasteiger partial charge in [-0.1, -0.05) is 30.3 Å². The molecule has 5 nitrogen and oxygen atoms in total. The highest BCUT2D eigenvalue weighted by Crippen LogP contribution is 2.20. The van der Waals surface area contributed by atoms with Gasteiger partial charge in [0.25, 0.3) is 0 Å². The summed E-state index contributed by atoms with van der Waals surface area (Å²) in [5.41, 5.74) is 8.22. The molecule has 6 heteroatoms. The summed E-state index contributed by atoms with van der Waals surface area (Å²) in [5, 5.41) is 5.72. The van der Waals surface area contributed by atoms with Crippen LogP contribution in [0, 0.1) is 0 Å². The number of benzene rings is 1. The summed E-state index contributed by atoms with van der Waals surface area (Å²) in [6, 6.07) is 9.99. The van der Waals surface area contributed by atoms with Gasteiger partial charge in [0.2, 0.25) is 5.91 Å². The van der Waals surface area contributed by atoms with Crippen LogP contribution in [0.3, 0.4) is 0 Å². The minimum absolute atomic E-state index is 0.0148. The fraction of sp³-hybridized carbons (Fsp3) is 0.444. The maximum Gasteiger partial charge on any atom is 0.226 e. The van der Waals surface area contributed by atoms with Crippen LogP contribution in [-0.4, -0.2) is 30.1 Å². The number of amides is 1. The van der Waals surface area contributed by atoms with Gasteiger partial charge < -0.3 is 15.8 Å². The largest absolute Gasteiger partial charge is 0.376 e. The van der Waals surface area contributed by atoms with Crippen LogP contribution < -0.4 is 11.1 Å². The normalized spacial score (nSPS) is 18.5. The molecule has 3 rings (SSSR count). The minimum Gasteiger partial charge on any atom is -0.376 e. The molecule has 2 atom stereocenters. The van der Waals surface area contributed by atoms with Crippen LogP contribution in [0.25, 0.3) is 0 Å². The molecule has 0 spiro atoms. The van der Waals surface area contributed by atoms with E-state index in [1.54, 1.807) is 0 Å². The zero-order valence-electron chi connectivity index (χ0n) is 13.6. The Morgan fingerprint density at radius 3 is 3.00 bits per heavy atom. The lowest BCUT2D eigenvalue weighted by Gasteiger charge is -2.10. The van der Waals surface area contributed by atoms with Crippen LogP contribution in [0.4, 0.5) is 0 Å². The molecule has 1 aromatic heterocycles. The van der Waals surface area contributed by atoms with Gasteiger partial charge in [-0.2, -0.15) is 0 Å². The standard InChI is InChI=1S/C18H23N3O2S/c19-16(9-13-5-2-1-3-6-13)18-21-14(12-24-18)10-17(22)20-11-15-7-4-8-23-15/h1-3,5-6,12,15-16H,4,7-11,19H2,(H,20,22). The van der Waals surface area contributed by atoms with Crippen LogP contribution in [-0.2, 0) is 22.4 Å². The van der Waals surface area contributed by atoms with Crippen molar-refractivity contribution in [2.45, 2.75) is 37.8 Å². The molecule has 1 amide bonds. The Balaban J connectivity index is 1.48. The zero-order chi connectivity index (χ0) is 16.8. The fourth-order valence-corrected chi connectivity index (χ4v) is 3.61. The van der Waals surface area contributed by atoms with E-state index in [4.69, 9.17) is 10.5 Å². The van der Waals surface area contributed by atoms with Crippen molar-refractivity contribution in [3.8, 4) is 0 Å². The van der Waals surface area contributed by atoms with E-state index in [-0.39, 0.29) is 18.1 Å². The molecule has 1 aromatic carbocycles. The first kappa shape index (κ1) is 17.1. The molecule has 0 aliphatic carbocycles. The molecular formula is C18H23N3O2S. The summed E-state index contributed by atoms with van der Waals surface area (Å²) in [6.07, 6.45) is 3.31. The van der Waals surface area contributed by atoms with Gasteiger partial charge in [0.1, 0.15) is 5.01 Å². The molecule has 0 radical (unpaired) electrons. The van der Waals surface area contributed by atoms with E-state index in [1.165, 1.54) is 16.9 Å². The second-order valence-corrected chi connectivity index (χ2v) is 6.98. The molecule has 3 N–H and O–H groups in total. The first-order chi connectivity index (χ1) is 11.7. The lowest BCUT2D eigenvalue weighted by atomic mass is 10.1. The van der Waals surface area contributed by atoms with Crippen LogP contribution in [0.15, 0.2) is 35.7 Å². The molecule has 0 saturated carbocycles. The SMILES string of the molecule is NC(Cc1ccccc1)c1nc(CC(=O)NCC2CCCO2)cs1. The number of hydrogen-bond acceptors (Lipinski definition) is 5. The van der Waals surface area contributed by atoms with E-state index in [2.05, 4.69) is 22.4 Å². The first-order valence-electron chi connectivity index (χ1n) is 8.33. The van der Waals surface area contributed by atoms with E-state index in [0.29, 0.717) is 13.0 Å². The Labute approximate surface area is 146 Å². The number of nitrogens with two attached hydrogens (primary N) is 1. The number of aromatic nitrogens is 1. The van der Waals surface area contributed by atoms with Gasteiger partial charge in [-0.05, 0) is 24.8 Å². The number of hydrogen-bond donors (Lipinski definition) is 2. The monoisotopic (exact) mass is 345 g/mol. The molecule has 128 valence electrons. The van der Waals surface area contributed by atoms with Gasteiger partial charge in [0.15, 0.2) is 0 Å². The van der Waals surface area contributed by atoms with Crippen molar-refractivity contribution in [3.63, 3.8) is 0 Å². The van der Waals surface area contributed by atoms with Crippen molar-refractivity contribution in [1.29, 1.82) is 0 Å². The van der Waals surface area contributed by atoms with E-state index in [1.807, 2.05) is 23.6 Å². The second-order valence-electron chi connectivity index (χ2n) is 6.09. The van der Waals surface area contributed by atoms with Gasteiger partial charge in [-0.15, -0.1) is 11.3 Å². The quantitative estimate of drug-likeness (QED) is 0.807. The van der Waals surface area contributed by atoms with Crippen LogP contribution >= 0.6 is 11.3 Å². The van der Waals surface area contributed by atoms with Crippen molar-refractivity contribution < 1.29 is 9.53 Å². The predicted molar refractivity (Wildman–Crippen MR) is 94.9 cm³/mol. The number of thiazole rings is 1. The van der Waals surface area contributed by atoms with Crippen LogP contribution in [0.1, 0.15) is 35.1 Å². The number of nitrogens with zero attached hydrogens (tertiary/aromatic N) is 1. The van der Waals surface area contributed by atoms with Crippen molar-refractivity contribution in [2.24, 2.45) is 5.73 Å². The lowest BCUT2D eigenvalue weighted by molar-refractivity contribution is -0.121. The number of nitrogens with one attached hydrogen (secondary N) is 1. The summed E-state index contributed by atoms with van der Waals surface area (Å²) < 4.78 is 5.50. The Morgan fingerprint density at radius 1 is 1.42 bits per heavy atom. The number of carbonyl (C=O) groups is 1. The van der Waals surface area contributed by atoms with Crippen molar-refractivity contribution in [3.05, 3.63) is 52.0 Å². The molecule has 1 saturated heterocycles. The van der Waals surface area contributed by atoms with Gasteiger partial charge in [-0.25, -0.2) is 4.98 Å². The summed E-state index contributed by atoms with van der Waals surface area (Å²) >= 11 is 1.52. The first-order valence-corrected chi connectivity index (χ1v) is 9.21. The lowest BCUT2D eigenvalue weighted by Crippen LogP contribution is -2.32. The third-order valence-corrected chi connectivity index (χ3v) is 5.10. The molecule has 2 unspecified atom stereocenters. The van der Waals surface area contributed by atoms with Crippen molar-refractivity contribution >= 4 is 17.2 Å². The molecule has 1 aliphatic heterocycles. The molecule has 24 heavy (non-hydrogen) atoms. The molecule has 1 aliphatic rings. The highest BCUT2D eigenvalue weighted by Gasteiger charge is 2.17. The molecular weight excluding hydrogens is 322 g/mol. The Morgan fingerprint density at radius 2 is 2.25 bits per heavy atom. The molecule has 1 fully saturated rings. The van der Waals surface area contributed by atoms with E-state index < -0.39 is 0 Å². The maximum atomic E-state index is 12.0. The van der Waals surface area contributed by atoms with Crippen molar-refractivity contribution in [2.75, 3.05) is 13.2 Å². The number of ether oxygens (including phenoxy) is 1.